The zero-order valence-corrected chi connectivity index (χ0v) is 12.1. The van der Waals surface area contributed by atoms with Gasteiger partial charge in [0.15, 0.2) is 0 Å². The third-order valence-corrected chi connectivity index (χ3v) is 3.53. The van der Waals surface area contributed by atoms with E-state index in [9.17, 15) is 0 Å². The number of hydrogen-bond donors (Lipinski definition) is 0. The zero-order chi connectivity index (χ0) is 13.2. The van der Waals surface area contributed by atoms with E-state index in [0.29, 0.717) is 0 Å². The normalized spacial score (nSPS) is 10.6. The number of aromatic nitrogens is 2. The Morgan fingerprint density at radius 2 is 1.79 bits per heavy atom. The van der Waals surface area contributed by atoms with Crippen LogP contribution in [0.25, 0.3) is 16.8 Å². The molecule has 94 valence electrons. The molecule has 0 aliphatic carbocycles. The second kappa shape index (κ2) is 5.02. The first kappa shape index (κ1) is 12.2. The van der Waals surface area contributed by atoms with Gasteiger partial charge in [-0.15, -0.1) is 0 Å². The molecule has 3 aromatic rings. The van der Waals surface area contributed by atoms with Crippen molar-refractivity contribution in [2.45, 2.75) is 6.92 Å². The minimum atomic E-state index is 1.08. The van der Waals surface area contributed by atoms with Gasteiger partial charge in [0.1, 0.15) is 0 Å². The molecule has 2 aromatic carbocycles. The van der Waals surface area contributed by atoms with Crippen molar-refractivity contribution in [1.82, 2.24) is 9.78 Å². The lowest BCUT2D eigenvalue weighted by Gasteiger charge is -2.01. The van der Waals surface area contributed by atoms with Gasteiger partial charge in [-0.3, -0.25) is 0 Å². The van der Waals surface area contributed by atoms with Gasteiger partial charge >= 0.3 is 0 Å². The van der Waals surface area contributed by atoms with Crippen LogP contribution < -0.4 is 0 Å². The van der Waals surface area contributed by atoms with Crippen LogP contribution in [0.15, 0.2) is 65.4 Å². The van der Waals surface area contributed by atoms with Crippen LogP contribution in [0.3, 0.4) is 0 Å². The van der Waals surface area contributed by atoms with E-state index in [1.807, 2.05) is 29.2 Å². The van der Waals surface area contributed by atoms with Gasteiger partial charge in [-0.25, -0.2) is 4.68 Å². The Morgan fingerprint density at radius 1 is 1.00 bits per heavy atom. The van der Waals surface area contributed by atoms with Crippen molar-refractivity contribution in [2.75, 3.05) is 0 Å². The molecule has 0 aliphatic rings. The lowest BCUT2D eigenvalue weighted by Crippen LogP contribution is -1.93. The summed E-state index contributed by atoms with van der Waals surface area (Å²) >= 11 is 3.49. The molecular formula is C16H13BrN2. The fourth-order valence-electron chi connectivity index (χ4n) is 1.98. The first-order valence-corrected chi connectivity index (χ1v) is 6.89. The Labute approximate surface area is 120 Å². The van der Waals surface area contributed by atoms with Gasteiger partial charge in [0.2, 0.25) is 0 Å². The van der Waals surface area contributed by atoms with Gasteiger partial charge in [0, 0.05) is 16.2 Å². The molecule has 0 N–H and O–H groups in total. The number of rotatable bonds is 2. The van der Waals surface area contributed by atoms with E-state index in [4.69, 9.17) is 0 Å². The molecule has 0 aliphatic heterocycles. The van der Waals surface area contributed by atoms with Gasteiger partial charge in [-0.05, 0) is 36.8 Å². The summed E-state index contributed by atoms with van der Waals surface area (Å²) in [4.78, 5) is 0. The molecule has 3 heteroatoms. The highest BCUT2D eigenvalue weighted by Crippen LogP contribution is 2.23. The van der Waals surface area contributed by atoms with Crippen LogP contribution in [0.4, 0.5) is 0 Å². The minimum absolute atomic E-state index is 1.08. The number of benzene rings is 2. The molecule has 0 atom stereocenters. The summed E-state index contributed by atoms with van der Waals surface area (Å²) in [5.74, 6) is 0. The van der Waals surface area contributed by atoms with Crippen molar-refractivity contribution in [3.63, 3.8) is 0 Å². The van der Waals surface area contributed by atoms with E-state index in [2.05, 4.69) is 64.4 Å². The number of hydrogen-bond acceptors (Lipinski definition) is 1. The maximum atomic E-state index is 4.42. The van der Waals surface area contributed by atoms with Crippen LogP contribution in [0, 0.1) is 6.92 Å². The van der Waals surface area contributed by atoms with Crippen LogP contribution in [0.5, 0.6) is 0 Å². The lowest BCUT2D eigenvalue weighted by molar-refractivity contribution is 0.880. The standard InChI is InChI=1S/C16H13BrN2/c1-12-5-7-16(8-6-12)19-11-14(10-18-19)13-3-2-4-15(17)9-13/h2-11H,1H3. The molecule has 0 amide bonds. The third kappa shape index (κ3) is 2.61. The molecule has 0 saturated heterocycles. The first-order chi connectivity index (χ1) is 9.22. The molecule has 0 spiro atoms. The van der Waals surface area contributed by atoms with Crippen molar-refractivity contribution in [3.8, 4) is 16.8 Å². The fourth-order valence-corrected chi connectivity index (χ4v) is 2.38. The van der Waals surface area contributed by atoms with Crippen molar-refractivity contribution < 1.29 is 0 Å². The van der Waals surface area contributed by atoms with Crippen LogP contribution in [0.1, 0.15) is 5.56 Å². The molecule has 2 nitrogen and oxygen atoms in total. The van der Waals surface area contributed by atoms with Crippen LogP contribution in [-0.4, -0.2) is 9.78 Å². The van der Waals surface area contributed by atoms with Gasteiger partial charge < -0.3 is 0 Å². The Morgan fingerprint density at radius 3 is 2.53 bits per heavy atom. The van der Waals surface area contributed by atoms with E-state index >= 15 is 0 Å². The topological polar surface area (TPSA) is 17.8 Å². The molecule has 0 saturated carbocycles. The van der Waals surface area contributed by atoms with Gasteiger partial charge in [0.25, 0.3) is 0 Å². The summed E-state index contributed by atoms with van der Waals surface area (Å²) < 4.78 is 2.98. The highest BCUT2D eigenvalue weighted by molar-refractivity contribution is 9.10. The Hall–Kier alpha value is -1.87. The summed E-state index contributed by atoms with van der Waals surface area (Å²) in [6, 6.07) is 16.6. The minimum Gasteiger partial charge on any atom is -0.240 e. The van der Waals surface area contributed by atoms with E-state index in [1.165, 1.54) is 5.56 Å². The summed E-state index contributed by atoms with van der Waals surface area (Å²) in [5, 5.41) is 4.42. The highest BCUT2D eigenvalue weighted by atomic mass is 79.9. The van der Waals surface area contributed by atoms with Crippen LogP contribution in [0.2, 0.25) is 0 Å². The number of nitrogens with zero attached hydrogens (tertiary/aromatic N) is 2. The van der Waals surface area contributed by atoms with E-state index in [-0.39, 0.29) is 0 Å². The molecule has 1 heterocycles. The highest BCUT2D eigenvalue weighted by Gasteiger charge is 2.03. The largest absolute Gasteiger partial charge is 0.240 e. The summed E-state index contributed by atoms with van der Waals surface area (Å²) in [6.45, 7) is 2.08. The molecule has 3 rings (SSSR count). The zero-order valence-electron chi connectivity index (χ0n) is 10.5. The average molecular weight is 313 g/mol. The Bertz CT molecular complexity index is 699. The van der Waals surface area contributed by atoms with Gasteiger partial charge in [0.05, 0.1) is 11.9 Å². The average Bonchev–Trinajstić information content (AvgIpc) is 2.89. The Kier molecular flexibility index (Phi) is 3.22. The molecular weight excluding hydrogens is 300 g/mol. The van der Waals surface area contributed by atoms with Gasteiger partial charge in [-0.2, -0.15) is 5.10 Å². The molecule has 0 radical (unpaired) electrons. The fraction of sp³-hybridized carbons (Fsp3) is 0.0625. The quantitative estimate of drug-likeness (QED) is 0.675. The first-order valence-electron chi connectivity index (χ1n) is 6.10. The molecule has 0 unspecified atom stereocenters. The number of halogens is 1. The smallest absolute Gasteiger partial charge is 0.0645 e. The second-order valence-corrected chi connectivity index (χ2v) is 5.44. The molecule has 0 fully saturated rings. The lowest BCUT2D eigenvalue weighted by atomic mass is 10.1. The van der Waals surface area contributed by atoms with E-state index in [1.54, 1.807) is 0 Å². The summed E-state index contributed by atoms with van der Waals surface area (Å²) in [6.07, 6.45) is 3.94. The van der Waals surface area contributed by atoms with Crippen molar-refractivity contribution >= 4 is 15.9 Å². The monoisotopic (exact) mass is 312 g/mol. The van der Waals surface area contributed by atoms with Gasteiger partial charge in [-0.1, -0.05) is 45.8 Å². The van der Waals surface area contributed by atoms with Crippen molar-refractivity contribution in [3.05, 3.63) is 71.0 Å². The second-order valence-electron chi connectivity index (χ2n) is 4.52. The van der Waals surface area contributed by atoms with E-state index < -0.39 is 0 Å². The molecule has 19 heavy (non-hydrogen) atoms. The maximum absolute atomic E-state index is 4.42. The van der Waals surface area contributed by atoms with Crippen molar-refractivity contribution in [1.29, 1.82) is 0 Å². The Balaban J connectivity index is 1.97. The molecule has 1 aromatic heterocycles. The van der Waals surface area contributed by atoms with Crippen molar-refractivity contribution in [2.24, 2.45) is 0 Å². The SMILES string of the molecule is Cc1ccc(-n2cc(-c3cccc(Br)c3)cn2)cc1. The van der Waals surface area contributed by atoms with E-state index in [0.717, 1.165) is 21.3 Å². The predicted octanol–water partition coefficient (Wildman–Crippen LogP) is 4.61. The van der Waals surface area contributed by atoms with Crippen LogP contribution in [-0.2, 0) is 0 Å². The third-order valence-electron chi connectivity index (χ3n) is 3.04. The number of aryl methyl sites for hydroxylation is 1. The molecule has 0 bridgehead atoms. The summed E-state index contributed by atoms with van der Waals surface area (Å²) in [5.41, 5.74) is 4.60. The predicted molar refractivity (Wildman–Crippen MR) is 81.4 cm³/mol. The maximum Gasteiger partial charge on any atom is 0.0645 e. The summed E-state index contributed by atoms with van der Waals surface area (Å²) in [7, 11) is 0. The van der Waals surface area contributed by atoms with Crippen LogP contribution >= 0.6 is 15.9 Å².